The van der Waals surface area contributed by atoms with E-state index >= 15 is 0 Å². The second kappa shape index (κ2) is 7.80. The van der Waals surface area contributed by atoms with E-state index in [-0.39, 0.29) is 6.03 Å². The molecule has 0 aliphatic heterocycles. The van der Waals surface area contributed by atoms with Crippen molar-refractivity contribution in [1.82, 2.24) is 4.98 Å². The van der Waals surface area contributed by atoms with Crippen LogP contribution in [0.3, 0.4) is 0 Å². The lowest BCUT2D eigenvalue weighted by Gasteiger charge is -2.04. The standard InChI is InChI=1S/C17H15N3OS2/c21-16(18-13-7-3-1-4-8-13)20-17-19-14(12-23-17)11-22-15-9-5-2-6-10-15/h1-10,12H,11H2,(H2,18,19,20,21). The number of carbonyl (C=O) groups excluding carboxylic acids is 1. The maximum Gasteiger partial charge on any atom is 0.325 e. The summed E-state index contributed by atoms with van der Waals surface area (Å²) < 4.78 is 0. The van der Waals surface area contributed by atoms with E-state index in [0.717, 1.165) is 17.1 Å². The average Bonchev–Trinajstić information content (AvgIpc) is 3.02. The number of carbonyl (C=O) groups is 1. The first kappa shape index (κ1) is 15.6. The number of para-hydroxylation sites is 1. The van der Waals surface area contributed by atoms with Gasteiger partial charge in [-0.25, -0.2) is 9.78 Å². The van der Waals surface area contributed by atoms with Crippen LogP contribution in [-0.4, -0.2) is 11.0 Å². The van der Waals surface area contributed by atoms with Crippen molar-refractivity contribution in [3.63, 3.8) is 0 Å². The number of nitrogens with zero attached hydrogens (tertiary/aromatic N) is 1. The summed E-state index contributed by atoms with van der Waals surface area (Å²) in [5.41, 5.74) is 1.71. The molecule has 4 nitrogen and oxygen atoms in total. The van der Waals surface area contributed by atoms with Crippen molar-refractivity contribution in [3.05, 3.63) is 71.7 Å². The molecule has 0 bridgehead atoms. The van der Waals surface area contributed by atoms with Gasteiger partial charge in [-0.2, -0.15) is 0 Å². The third kappa shape index (κ3) is 4.84. The second-order valence-corrected chi connectivity index (χ2v) is 6.60. The number of hydrogen-bond acceptors (Lipinski definition) is 4. The van der Waals surface area contributed by atoms with Crippen LogP contribution < -0.4 is 10.6 Å². The fraction of sp³-hybridized carbons (Fsp3) is 0.0588. The number of benzene rings is 2. The lowest BCUT2D eigenvalue weighted by molar-refractivity contribution is 0.262. The minimum absolute atomic E-state index is 0.284. The molecular weight excluding hydrogens is 326 g/mol. The van der Waals surface area contributed by atoms with Gasteiger partial charge in [0.15, 0.2) is 5.13 Å². The number of urea groups is 1. The van der Waals surface area contributed by atoms with Gasteiger partial charge in [-0.15, -0.1) is 23.1 Å². The summed E-state index contributed by atoms with van der Waals surface area (Å²) in [6.45, 7) is 0. The van der Waals surface area contributed by atoms with Crippen molar-refractivity contribution >= 4 is 39.9 Å². The molecule has 3 aromatic rings. The summed E-state index contributed by atoms with van der Waals surface area (Å²) >= 11 is 3.15. The van der Waals surface area contributed by atoms with E-state index < -0.39 is 0 Å². The molecule has 0 radical (unpaired) electrons. The summed E-state index contributed by atoms with van der Waals surface area (Å²) in [5.74, 6) is 0.780. The van der Waals surface area contributed by atoms with Crippen molar-refractivity contribution in [2.45, 2.75) is 10.6 Å². The van der Waals surface area contributed by atoms with E-state index in [0.29, 0.717) is 5.13 Å². The van der Waals surface area contributed by atoms with E-state index in [1.807, 2.05) is 53.9 Å². The summed E-state index contributed by atoms with van der Waals surface area (Å²) in [6, 6.07) is 19.2. The quantitative estimate of drug-likeness (QED) is 0.636. The molecule has 0 aliphatic carbocycles. The van der Waals surface area contributed by atoms with Crippen molar-refractivity contribution in [1.29, 1.82) is 0 Å². The molecule has 0 fully saturated rings. The topological polar surface area (TPSA) is 54.0 Å². The number of nitrogens with one attached hydrogen (secondary N) is 2. The van der Waals surface area contributed by atoms with Crippen LogP contribution >= 0.6 is 23.1 Å². The van der Waals surface area contributed by atoms with Gasteiger partial charge < -0.3 is 5.32 Å². The molecule has 0 saturated heterocycles. The van der Waals surface area contributed by atoms with Gasteiger partial charge in [-0.05, 0) is 24.3 Å². The summed E-state index contributed by atoms with van der Waals surface area (Å²) in [6.07, 6.45) is 0. The molecule has 3 rings (SSSR count). The number of amides is 2. The average molecular weight is 341 g/mol. The fourth-order valence-electron chi connectivity index (χ4n) is 1.89. The molecule has 2 N–H and O–H groups in total. The number of thioether (sulfide) groups is 1. The third-order valence-corrected chi connectivity index (χ3v) is 4.79. The first-order valence-electron chi connectivity index (χ1n) is 7.05. The zero-order valence-corrected chi connectivity index (χ0v) is 13.9. The molecular formula is C17H15N3OS2. The Morgan fingerprint density at radius 3 is 2.43 bits per heavy atom. The van der Waals surface area contributed by atoms with Gasteiger partial charge in [0.1, 0.15) is 0 Å². The van der Waals surface area contributed by atoms with Crippen LogP contribution in [0.2, 0.25) is 0 Å². The van der Waals surface area contributed by atoms with Gasteiger partial charge in [0.2, 0.25) is 0 Å². The minimum atomic E-state index is -0.284. The van der Waals surface area contributed by atoms with Crippen molar-refractivity contribution in [3.8, 4) is 0 Å². The zero-order chi connectivity index (χ0) is 15.9. The lowest BCUT2D eigenvalue weighted by atomic mass is 10.3. The number of hydrogen-bond donors (Lipinski definition) is 2. The third-order valence-electron chi connectivity index (χ3n) is 2.93. The predicted octanol–water partition coefficient (Wildman–Crippen LogP) is 5.08. The van der Waals surface area contributed by atoms with Crippen LogP contribution in [0.25, 0.3) is 0 Å². The lowest BCUT2D eigenvalue weighted by Crippen LogP contribution is -2.19. The Morgan fingerprint density at radius 2 is 1.70 bits per heavy atom. The molecule has 23 heavy (non-hydrogen) atoms. The Kier molecular flexibility index (Phi) is 5.29. The molecule has 0 spiro atoms. The minimum Gasteiger partial charge on any atom is -0.308 e. The Bertz CT molecular complexity index is 760. The van der Waals surface area contributed by atoms with Crippen LogP contribution in [-0.2, 0) is 5.75 Å². The van der Waals surface area contributed by atoms with E-state index in [9.17, 15) is 4.79 Å². The molecule has 2 amide bonds. The van der Waals surface area contributed by atoms with Crippen molar-refractivity contribution in [2.24, 2.45) is 0 Å². The predicted molar refractivity (Wildman–Crippen MR) is 97.2 cm³/mol. The number of rotatable bonds is 5. The van der Waals surface area contributed by atoms with Crippen LogP contribution in [0.15, 0.2) is 70.9 Å². The fourth-order valence-corrected chi connectivity index (χ4v) is 3.51. The molecule has 1 aromatic heterocycles. The monoisotopic (exact) mass is 341 g/mol. The van der Waals surface area contributed by atoms with Gasteiger partial charge in [-0.3, -0.25) is 5.32 Å². The molecule has 2 aromatic carbocycles. The molecule has 0 aliphatic rings. The van der Waals surface area contributed by atoms with E-state index in [1.54, 1.807) is 11.8 Å². The number of anilines is 2. The van der Waals surface area contributed by atoms with Gasteiger partial charge >= 0.3 is 6.03 Å². The highest BCUT2D eigenvalue weighted by molar-refractivity contribution is 7.98. The number of aromatic nitrogens is 1. The van der Waals surface area contributed by atoms with Crippen LogP contribution in [0.5, 0.6) is 0 Å². The van der Waals surface area contributed by atoms with Crippen LogP contribution in [0.1, 0.15) is 5.69 Å². The molecule has 116 valence electrons. The number of thiazole rings is 1. The molecule has 0 saturated carbocycles. The van der Waals surface area contributed by atoms with Gasteiger partial charge in [0.25, 0.3) is 0 Å². The van der Waals surface area contributed by atoms with Gasteiger partial charge in [0, 0.05) is 21.7 Å². The van der Waals surface area contributed by atoms with E-state index in [2.05, 4.69) is 27.8 Å². The van der Waals surface area contributed by atoms with E-state index in [4.69, 9.17) is 0 Å². The molecule has 6 heteroatoms. The summed E-state index contributed by atoms with van der Waals surface area (Å²) in [7, 11) is 0. The summed E-state index contributed by atoms with van der Waals surface area (Å²) in [4.78, 5) is 17.5. The highest BCUT2D eigenvalue weighted by Crippen LogP contribution is 2.24. The smallest absolute Gasteiger partial charge is 0.308 e. The Balaban J connectivity index is 1.52. The molecule has 0 unspecified atom stereocenters. The second-order valence-electron chi connectivity index (χ2n) is 4.69. The van der Waals surface area contributed by atoms with Gasteiger partial charge in [-0.1, -0.05) is 36.4 Å². The first-order valence-corrected chi connectivity index (χ1v) is 8.91. The van der Waals surface area contributed by atoms with E-state index in [1.165, 1.54) is 16.2 Å². The highest BCUT2D eigenvalue weighted by Gasteiger charge is 2.07. The largest absolute Gasteiger partial charge is 0.325 e. The van der Waals surface area contributed by atoms with Crippen LogP contribution in [0.4, 0.5) is 15.6 Å². The molecule has 1 heterocycles. The van der Waals surface area contributed by atoms with Gasteiger partial charge in [0.05, 0.1) is 5.69 Å². The van der Waals surface area contributed by atoms with Crippen molar-refractivity contribution in [2.75, 3.05) is 10.6 Å². The first-order chi connectivity index (χ1) is 11.3. The summed E-state index contributed by atoms with van der Waals surface area (Å²) in [5, 5.41) is 8.09. The Labute approximate surface area is 143 Å². The maximum absolute atomic E-state index is 11.9. The molecule has 0 atom stereocenters. The Morgan fingerprint density at radius 1 is 1.00 bits per heavy atom. The highest BCUT2D eigenvalue weighted by atomic mass is 32.2. The SMILES string of the molecule is O=C(Nc1ccccc1)Nc1nc(CSc2ccccc2)cs1. The van der Waals surface area contributed by atoms with Crippen LogP contribution in [0, 0.1) is 0 Å². The Hall–Kier alpha value is -2.31. The maximum atomic E-state index is 11.9. The normalized spacial score (nSPS) is 10.3. The van der Waals surface area contributed by atoms with Crippen molar-refractivity contribution < 1.29 is 4.79 Å². The zero-order valence-electron chi connectivity index (χ0n) is 12.2.